The Bertz CT molecular complexity index is 1580. The second-order valence-corrected chi connectivity index (χ2v) is 12.8. The summed E-state index contributed by atoms with van der Waals surface area (Å²) in [5.74, 6) is 1.56. The van der Waals surface area contributed by atoms with Gasteiger partial charge in [-0.2, -0.15) is 0 Å². The van der Waals surface area contributed by atoms with E-state index in [-0.39, 0.29) is 43.6 Å². The molecule has 4 aromatic rings. The van der Waals surface area contributed by atoms with Gasteiger partial charge in [0.1, 0.15) is 36.0 Å². The summed E-state index contributed by atoms with van der Waals surface area (Å²) >= 11 is 0. The number of ether oxygens (including phenoxy) is 1. The van der Waals surface area contributed by atoms with E-state index in [1.54, 1.807) is 0 Å². The number of benzene rings is 1. The number of nitrogens with one attached hydrogen (secondary N) is 1. The first kappa shape index (κ1) is 30.8. The molecule has 1 saturated heterocycles. The maximum Gasteiger partial charge on any atom is 0.167 e. The molecule has 4 atom stereocenters. The van der Waals surface area contributed by atoms with Gasteiger partial charge in [-0.05, 0) is 42.9 Å². The number of nitrogens with two attached hydrogens (primary N) is 1. The highest BCUT2D eigenvalue weighted by molar-refractivity contribution is 5.81. The van der Waals surface area contributed by atoms with Gasteiger partial charge in [-0.1, -0.05) is 19.9 Å². The van der Waals surface area contributed by atoms with Gasteiger partial charge in [0.25, 0.3) is 0 Å². The maximum absolute atomic E-state index is 11.0. The van der Waals surface area contributed by atoms with E-state index in [0.29, 0.717) is 17.1 Å². The van der Waals surface area contributed by atoms with Crippen LogP contribution in [0, 0.1) is 5.92 Å². The number of fused-ring (bicyclic) bond motifs is 2. The molecule has 238 valence electrons. The number of nitrogens with zero attached hydrogens (tertiary/aromatic N) is 6. The van der Waals surface area contributed by atoms with E-state index in [4.69, 9.17) is 15.5 Å². The van der Waals surface area contributed by atoms with Gasteiger partial charge < -0.3 is 41.0 Å². The van der Waals surface area contributed by atoms with Crippen molar-refractivity contribution < 1.29 is 30.3 Å². The van der Waals surface area contributed by atoms with Crippen LogP contribution in [-0.2, 0) is 16.6 Å². The molecule has 4 unspecified atom stereocenters. The van der Waals surface area contributed by atoms with E-state index in [1.807, 2.05) is 30.9 Å². The second-order valence-electron chi connectivity index (χ2n) is 12.8. The van der Waals surface area contributed by atoms with Crippen LogP contribution in [0.5, 0.6) is 0 Å². The molecule has 3 aromatic heterocycles. The zero-order valence-corrected chi connectivity index (χ0v) is 25.0. The fraction of sp³-hybridized carbons (Fsp3) is 0.600. The number of imidazole rings is 2. The zero-order chi connectivity index (χ0) is 31.2. The third-order valence-corrected chi connectivity index (χ3v) is 9.46. The molecule has 6 rings (SSSR count). The monoisotopic (exact) mass is 610 g/mol. The zero-order valence-electron chi connectivity index (χ0n) is 25.0. The second kappa shape index (κ2) is 12.3. The molecule has 8 N–H and O–H groups in total. The summed E-state index contributed by atoms with van der Waals surface area (Å²) in [7, 11) is 0. The largest absolute Gasteiger partial charge is 0.395 e. The first-order valence-corrected chi connectivity index (χ1v) is 15.2. The molecular formula is C30H42N8O6. The lowest BCUT2D eigenvalue weighted by atomic mass is 9.76. The molecule has 1 aromatic carbocycles. The van der Waals surface area contributed by atoms with E-state index >= 15 is 0 Å². The van der Waals surface area contributed by atoms with Crippen LogP contribution in [0.4, 0.5) is 5.82 Å². The average Bonchev–Trinajstić information content (AvgIpc) is 3.69. The van der Waals surface area contributed by atoms with Gasteiger partial charge in [0.15, 0.2) is 17.7 Å². The van der Waals surface area contributed by atoms with Crippen molar-refractivity contribution >= 4 is 28.0 Å². The Balaban J connectivity index is 1.09. The molecule has 14 nitrogen and oxygen atoms in total. The van der Waals surface area contributed by atoms with E-state index in [1.165, 1.54) is 17.2 Å². The van der Waals surface area contributed by atoms with Gasteiger partial charge in [0.05, 0.1) is 43.2 Å². The highest BCUT2D eigenvalue weighted by atomic mass is 16.6. The Hall–Kier alpha value is -3.24. The quantitative estimate of drug-likeness (QED) is 0.115. The summed E-state index contributed by atoms with van der Waals surface area (Å²) in [6, 6.07) is 5.62. The first-order chi connectivity index (χ1) is 21.1. The van der Waals surface area contributed by atoms with E-state index in [9.17, 15) is 25.5 Å². The van der Waals surface area contributed by atoms with E-state index in [0.717, 1.165) is 48.1 Å². The lowest BCUT2D eigenvalue weighted by Gasteiger charge is -2.46. The number of aryl methyl sites for hydroxylation is 1. The molecule has 44 heavy (non-hydrogen) atoms. The molecular weight excluding hydrogens is 568 g/mol. The fourth-order valence-electron chi connectivity index (χ4n) is 6.48. The van der Waals surface area contributed by atoms with Gasteiger partial charge in [-0.15, -0.1) is 0 Å². The number of anilines is 1. The van der Waals surface area contributed by atoms with Crippen molar-refractivity contribution in [1.82, 2.24) is 34.4 Å². The van der Waals surface area contributed by atoms with Crippen LogP contribution in [0.2, 0.25) is 0 Å². The summed E-state index contributed by atoms with van der Waals surface area (Å²) in [5.41, 5.74) is 9.25. The van der Waals surface area contributed by atoms with Crippen molar-refractivity contribution in [1.29, 1.82) is 0 Å². The van der Waals surface area contributed by atoms with Crippen molar-refractivity contribution in [2.45, 2.75) is 81.6 Å². The molecule has 0 bridgehead atoms. The summed E-state index contributed by atoms with van der Waals surface area (Å²) < 4.78 is 7.69. The van der Waals surface area contributed by atoms with Crippen molar-refractivity contribution in [2.75, 3.05) is 32.1 Å². The van der Waals surface area contributed by atoms with Crippen LogP contribution in [0.3, 0.4) is 0 Å². The molecule has 2 aliphatic rings. The Kier molecular flexibility index (Phi) is 8.58. The number of aromatic amines is 1. The number of H-pyrrole nitrogens is 1. The van der Waals surface area contributed by atoms with Gasteiger partial charge in [-0.25, -0.2) is 19.9 Å². The minimum Gasteiger partial charge on any atom is -0.395 e. The summed E-state index contributed by atoms with van der Waals surface area (Å²) in [6.45, 7) is 3.80. The Morgan fingerprint density at radius 2 is 1.89 bits per heavy atom. The molecule has 14 heteroatoms. The van der Waals surface area contributed by atoms with E-state index in [2.05, 4.69) is 26.0 Å². The van der Waals surface area contributed by atoms with Gasteiger partial charge in [-0.3, -0.25) is 9.47 Å². The predicted molar refractivity (Wildman–Crippen MR) is 161 cm³/mol. The lowest BCUT2D eigenvalue weighted by molar-refractivity contribution is -0.0759. The summed E-state index contributed by atoms with van der Waals surface area (Å²) in [5, 5.41) is 51.7. The van der Waals surface area contributed by atoms with Gasteiger partial charge in [0.2, 0.25) is 0 Å². The molecule has 4 heterocycles. The van der Waals surface area contributed by atoms with Gasteiger partial charge >= 0.3 is 0 Å². The first-order valence-electron chi connectivity index (χ1n) is 15.2. The number of aromatic nitrogens is 6. The van der Waals surface area contributed by atoms with Crippen molar-refractivity contribution in [2.24, 2.45) is 5.92 Å². The van der Waals surface area contributed by atoms with Crippen LogP contribution < -0.4 is 5.73 Å². The number of aliphatic hydroxyl groups is 5. The molecule has 0 amide bonds. The van der Waals surface area contributed by atoms with Crippen molar-refractivity contribution in [3.05, 3.63) is 42.2 Å². The van der Waals surface area contributed by atoms with Crippen LogP contribution in [0.15, 0.2) is 30.9 Å². The lowest BCUT2D eigenvalue weighted by Crippen LogP contribution is -2.56. The average molecular weight is 611 g/mol. The Labute approximate surface area is 254 Å². The summed E-state index contributed by atoms with van der Waals surface area (Å²) in [4.78, 5) is 22.6. The molecule has 2 fully saturated rings. The highest BCUT2D eigenvalue weighted by Gasteiger charge is 2.47. The summed E-state index contributed by atoms with van der Waals surface area (Å²) in [6.07, 6.45) is 2.04. The minimum absolute atomic E-state index is 0.0620. The topological polar surface area (TPSA) is 212 Å². The normalized spacial score (nSPS) is 25.9. The molecule has 1 aliphatic heterocycles. The van der Waals surface area contributed by atoms with Crippen molar-refractivity contribution in [3.8, 4) is 0 Å². The molecule has 0 radical (unpaired) electrons. The maximum atomic E-state index is 11.0. The van der Waals surface area contributed by atoms with Crippen LogP contribution >= 0.6 is 0 Å². The Morgan fingerprint density at radius 3 is 2.61 bits per heavy atom. The third kappa shape index (κ3) is 5.67. The highest BCUT2D eigenvalue weighted by Crippen LogP contribution is 2.38. The number of hydrogen-bond acceptors (Lipinski definition) is 12. The number of hydrogen-bond donors (Lipinski definition) is 7. The number of nitrogen functional groups attached to an aromatic ring is 1. The third-order valence-electron chi connectivity index (χ3n) is 9.46. The SMILES string of the molecule is CC(C)(CO)c1ccc2nc(CCC3CC(N(CC4OC(n5cnc6c(N)ncnc65)C(O)C4O)C(CO)CO)C3)[nH]c2c1. The Morgan fingerprint density at radius 1 is 1.11 bits per heavy atom. The van der Waals surface area contributed by atoms with E-state index < -0.39 is 30.6 Å². The number of rotatable bonds is 12. The van der Waals surface area contributed by atoms with Crippen molar-refractivity contribution in [3.63, 3.8) is 0 Å². The van der Waals surface area contributed by atoms with Crippen LogP contribution in [0.1, 0.15) is 50.7 Å². The molecule has 1 aliphatic carbocycles. The standard InChI is InChI=1S/C30H42N8O6/c1-30(2,13-41)17-4-5-20-21(9-17)36-23(35-20)6-3-16-7-18(8-16)37(19(11-39)12-40)10-22-25(42)26(43)29(44-22)38-15-34-24-27(31)32-14-33-28(24)38/h4-5,9,14-16,18-19,22,25-26,29,39-43H,3,6-8,10-13H2,1-2H3,(H,35,36)(H2,31,32,33). The molecule has 1 saturated carbocycles. The smallest absolute Gasteiger partial charge is 0.167 e. The van der Waals surface area contributed by atoms with Crippen LogP contribution in [0.25, 0.3) is 22.2 Å². The minimum atomic E-state index is -1.25. The van der Waals surface area contributed by atoms with Gasteiger partial charge in [0, 0.05) is 24.4 Å². The van der Waals surface area contributed by atoms with Crippen LogP contribution in [-0.4, -0.2) is 117 Å². The number of aliphatic hydroxyl groups excluding tert-OH is 5. The predicted octanol–water partition coefficient (Wildman–Crippen LogP) is 0.241. The molecule has 0 spiro atoms. The fourth-order valence-corrected chi connectivity index (χ4v) is 6.48.